The summed E-state index contributed by atoms with van der Waals surface area (Å²) in [6.45, 7) is 2.21. The zero-order chi connectivity index (χ0) is 10.4. The van der Waals surface area contributed by atoms with Crippen LogP contribution in [-0.4, -0.2) is 12.6 Å². The summed E-state index contributed by atoms with van der Waals surface area (Å²) in [6.07, 6.45) is 5.31. The molecule has 0 radical (unpaired) electrons. The molecular formula is C11H15NO2. The predicted molar refractivity (Wildman–Crippen MR) is 52.3 cm³/mol. The summed E-state index contributed by atoms with van der Waals surface area (Å²) in [5.74, 6) is -0.336. The molecule has 0 heterocycles. The van der Waals surface area contributed by atoms with Crippen LogP contribution in [0.3, 0.4) is 0 Å². The molecule has 76 valence electrons. The lowest BCUT2D eigenvalue weighted by atomic mass is 9.84. The quantitative estimate of drug-likeness (QED) is 0.499. The number of nitriles is 1. The highest BCUT2D eigenvalue weighted by atomic mass is 16.5. The summed E-state index contributed by atoms with van der Waals surface area (Å²) in [5, 5.41) is 8.57. The van der Waals surface area contributed by atoms with Crippen LogP contribution in [0.25, 0.3) is 0 Å². The van der Waals surface area contributed by atoms with Crippen LogP contribution in [0.4, 0.5) is 0 Å². The number of carbonyl (C=O) groups excluding carboxylic acids is 1. The minimum absolute atomic E-state index is 0.164. The Balaban J connectivity index is 2.68. The van der Waals surface area contributed by atoms with Gasteiger partial charge < -0.3 is 4.74 Å². The van der Waals surface area contributed by atoms with Crippen LogP contribution < -0.4 is 0 Å². The number of hydrogen-bond donors (Lipinski definition) is 0. The molecule has 3 heteroatoms. The molecule has 1 aliphatic rings. The molecule has 3 nitrogen and oxygen atoms in total. The largest absolute Gasteiger partial charge is 0.466 e. The van der Waals surface area contributed by atoms with Gasteiger partial charge in [-0.2, -0.15) is 5.26 Å². The number of hydrogen-bond acceptors (Lipinski definition) is 3. The van der Waals surface area contributed by atoms with Crippen LogP contribution in [0.15, 0.2) is 11.6 Å². The van der Waals surface area contributed by atoms with Gasteiger partial charge in [0.2, 0.25) is 0 Å². The standard InChI is InChI=1S/C11H15NO2/c1-2-14-11(13)10-6-4-3-5-9(10)7-8-12/h7,10H,2-6H2,1H3. The van der Waals surface area contributed by atoms with Crippen molar-refractivity contribution in [3.05, 3.63) is 11.6 Å². The fourth-order valence-corrected chi connectivity index (χ4v) is 1.80. The van der Waals surface area contributed by atoms with E-state index in [2.05, 4.69) is 0 Å². The first kappa shape index (κ1) is 10.8. The van der Waals surface area contributed by atoms with Crippen LogP contribution in [0.1, 0.15) is 32.6 Å². The van der Waals surface area contributed by atoms with Crippen molar-refractivity contribution in [3.8, 4) is 6.07 Å². The molecule has 0 N–H and O–H groups in total. The van der Waals surface area contributed by atoms with Crippen LogP contribution in [0.2, 0.25) is 0 Å². The average molecular weight is 193 g/mol. The molecule has 0 amide bonds. The fraction of sp³-hybridized carbons (Fsp3) is 0.636. The molecule has 1 unspecified atom stereocenters. The Morgan fingerprint density at radius 3 is 3.14 bits per heavy atom. The summed E-state index contributed by atoms with van der Waals surface area (Å²) in [7, 11) is 0. The van der Waals surface area contributed by atoms with Gasteiger partial charge in [0.25, 0.3) is 0 Å². The molecule has 1 rings (SSSR count). The predicted octanol–water partition coefficient (Wildman–Crippen LogP) is 2.19. The van der Waals surface area contributed by atoms with Crippen molar-refractivity contribution >= 4 is 5.97 Å². The fourth-order valence-electron chi connectivity index (χ4n) is 1.80. The third kappa shape index (κ3) is 2.59. The first-order valence-electron chi connectivity index (χ1n) is 5.04. The summed E-state index contributed by atoms with van der Waals surface area (Å²) in [5.41, 5.74) is 0.942. The summed E-state index contributed by atoms with van der Waals surface area (Å²) in [4.78, 5) is 11.5. The Labute approximate surface area is 84.4 Å². The third-order valence-corrected chi connectivity index (χ3v) is 2.48. The lowest BCUT2D eigenvalue weighted by Crippen LogP contribution is -2.22. The van der Waals surface area contributed by atoms with Crippen molar-refractivity contribution in [1.82, 2.24) is 0 Å². The van der Waals surface area contributed by atoms with Crippen molar-refractivity contribution in [2.24, 2.45) is 5.92 Å². The van der Waals surface area contributed by atoms with Gasteiger partial charge in [0.05, 0.1) is 18.6 Å². The highest BCUT2D eigenvalue weighted by Crippen LogP contribution is 2.30. The van der Waals surface area contributed by atoms with Crippen LogP contribution in [0, 0.1) is 17.2 Å². The summed E-state index contributed by atoms with van der Waals surface area (Å²) < 4.78 is 4.97. The Bertz CT molecular complexity index is 276. The van der Waals surface area contributed by atoms with E-state index in [-0.39, 0.29) is 11.9 Å². The molecule has 1 aliphatic carbocycles. The molecule has 0 spiro atoms. The molecule has 1 atom stereocenters. The SMILES string of the molecule is CCOC(=O)C1CCCCC1=CC#N. The third-order valence-electron chi connectivity index (χ3n) is 2.48. The lowest BCUT2D eigenvalue weighted by molar-refractivity contribution is -0.147. The minimum atomic E-state index is -0.172. The van der Waals surface area contributed by atoms with Crippen molar-refractivity contribution in [2.75, 3.05) is 6.61 Å². The molecule has 0 aromatic heterocycles. The van der Waals surface area contributed by atoms with E-state index < -0.39 is 0 Å². The summed E-state index contributed by atoms with van der Waals surface area (Å²) >= 11 is 0. The van der Waals surface area contributed by atoms with Gasteiger partial charge in [-0.25, -0.2) is 0 Å². The number of nitrogens with zero attached hydrogens (tertiary/aromatic N) is 1. The van der Waals surface area contributed by atoms with Crippen molar-refractivity contribution in [1.29, 1.82) is 5.26 Å². The normalized spacial score (nSPS) is 24.3. The first-order valence-corrected chi connectivity index (χ1v) is 5.04. The van der Waals surface area contributed by atoms with E-state index in [1.54, 1.807) is 6.92 Å². The van der Waals surface area contributed by atoms with Gasteiger partial charge in [-0.3, -0.25) is 4.79 Å². The van der Waals surface area contributed by atoms with E-state index in [4.69, 9.17) is 10.00 Å². The number of ether oxygens (including phenoxy) is 1. The Kier molecular flexibility index (Phi) is 4.18. The minimum Gasteiger partial charge on any atom is -0.466 e. The molecule has 0 saturated heterocycles. The highest BCUT2D eigenvalue weighted by molar-refractivity contribution is 5.76. The average Bonchev–Trinajstić information content (AvgIpc) is 2.19. The van der Waals surface area contributed by atoms with E-state index >= 15 is 0 Å². The number of allylic oxidation sites excluding steroid dienone is 1. The van der Waals surface area contributed by atoms with Gasteiger partial charge >= 0.3 is 5.97 Å². The van der Waals surface area contributed by atoms with E-state index in [0.717, 1.165) is 31.3 Å². The molecule has 1 saturated carbocycles. The summed E-state index contributed by atoms with van der Waals surface area (Å²) in [6, 6.07) is 1.99. The van der Waals surface area contributed by atoms with Crippen molar-refractivity contribution < 1.29 is 9.53 Å². The van der Waals surface area contributed by atoms with Gasteiger partial charge in [0, 0.05) is 6.08 Å². The van der Waals surface area contributed by atoms with Gasteiger partial charge in [-0.15, -0.1) is 0 Å². The second-order valence-corrected chi connectivity index (χ2v) is 3.40. The topological polar surface area (TPSA) is 50.1 Å². The molecule has 1 fully saturated rings. The van der Waals surface area contributed by atoms with E-state index in [9.17, 15) is 4.79 Å². The molecule has 0 bridgehead atoms. The zero-order valence-electron chi connectivity index (χ0n) is 8.45. The second-order valence-electron chi connectivity index (χ2n) is 3.40. The van der Waals surface area contributed by atoms with E-state index in [0.29, 0.717) is 6.61 Å². The van der Waals surface area contributed by atoms with Gasteiger partial charge in [-0.05, 0) is 31.8 Å². The molecule has 14 heavy (non-hydrogen) atoms. The number of rotatable bonds is 2. The second kappa shape index (κ2) is 5.43. The maximum Gasteiger partial charge on any atom is 0.313 e. The molecule has 0 aliphatic heterocycles. The highest BCUT2D eigenvalue weighted by Gasteiger charge is 2.26. The monoisotopic (exact) mass is 193 g/mol. The zero-order valence-corrected chi connectivity index (χ0v) is 8.45. The van der Waals surface area contributed by atoms with E-state index in [1.165, 1.54) is 6.08 Å². The van der Waals surface area contributed by atoms with Gasteiger partial charge in [0.15, 0.2) is 0 Å². The lowest BCUT2D eigenvalue weighted by Gasteiger charge is -2.22. The maximum absolute atomic E-state index is 11.5. The smallest absolute Gasteiger partial charge is 0.313 e. The van der Waals surface area contributed by atoms with Crippen molar-refractivity contribution in [3.63, 3.8) is 0 Å². The number of esters is 1. The van der Waals surface area contributed by atoms with E-state index in [1.807, 2.05) is 6.07 Å². The van der Waals surface area contributed by atoms with Crippen LogP contribution >= 0.6 is 0 Å². The molecule has 0 aromatic rings. The Hall–Kier alpha value is -1.30. The molecule has 0 aromatic carbocycles. The van der Waals surface area contributed by atoms with Gasteiger partial charge in [-0.1, -0.05) is 6.42 Å². The van der Waals surface area contributed by atoms with Crippen molar-refractivity contribution in [2.45, 2.75) is 32.6 Å². The number of carbonyl (C=O) groups is 1. The first-order chi connectivity index (χ1) is 6.79. The van der Waals surface area contributed by atoms with Gasteiger partial charge in [0.1, 0.15) is 0 Å². The Morgan fingerprint density at radius 1 is 1.71 bits per heavy atom. The van der Waals surface area contributed by atoms with Crippen LogP contribution in [0.5, 0.6) is 0 Å². The maximum atomic E-state index is 11.5. The van der Waals surface area contributed by atoms with Crippen LogP contribution in [-0.2, 0) is 9.53 Å². The molecular weight excluding hydrogens is 178 g/mol. The Morgan fingerprint density at radius 2 is 2.50 bits per heavy atom.